The highest BCUT2D eigenvalue weighted by molar-refractivity contribution is 7.80. The van der Waals surface area contributed by atoms with E-state index in [0.29, 0.717) is 13.0 Å². The van der Waals surface area contributed by atoms with E-state index in [4.69, 9.17) is 18.9 Å². The number of hydrogen-bond donors (Lipinski definition) is 4. The van der Waals surface area contributed by atoms with Gasteiger partial charge in [-0.05, 0) is 83.5 Å². The fraction of sp³-hybridized carbons (Fsp3) is 0.772. The molecule has 0 aromatic heterocycles. The van der Waals surface area contributed by atoms with E-state index in [2.05, 4.69) is 90.9 Å². The van der Waals surface area contributed by atoms with Gasteiger partial charge in [0.2, 0.25) is 0 Å². The molecule has 1 rings (SSSR count). The Balaban J connectivity index is 2.31. The third-order valence-corrected chi connectivity index (χ3v) is 12.8. The van der Waals surface area contributed by atoms with E-state index in [1.165, 1.54) is 116 Å². The maximum Gasteiger partial charge on any atom is 0.397 e. The Morgan fingerprint density at radius 3 is 1.44 bits per heavy atom. The average Bonchev–Trinajstić information content (AvgIpc) is 3.34. The van der Waals surface area contributed by atoms with Crippen LogP contribution >= 0.6 is 0 Å². The summed E-state index contributed by atoms with van der Waals surface area (Å²) in [7, 11) is -5.07. The number of aliphatic hydroxyl groups excluding tert-OH is 3. The molecule has 0 aromatic carbocycles. The maximum atomic E-state index is 12.9. The second-order valence-corrected chi connectivity index (χ2v) is 19.8. The van der Waals surface area contributed by atoms with Crippen LogP contribution in [-0.2, 0) is 38.3 Å². The van der Waals surface area contributed by atoms with Gasteiger partial charge < -0.3 is 34.3 Å². The normalized spacial score (nSPS) is 19.7. The van der Waals surface area contributed by atoms with Crippen LogP contribution in [0, 0.1) is 0 Å². The smallest absolute Gasteiger partial charge is 0.397 e. The van der Waals surface area contributed by atoms with Crippen molar-refractivity contribution in [3.63, 3.8) is 0 Å². The Kier molecular flexibility index (Phi) is 44.5. The van der Waals surface area contributed by atoms with Gasteiger partial charge >= 0.3 is 16.4 Å². The second-order valence-electron chi connectivity index (χ2n) is 18.8. The van der Waals surface area contributed by atoms with E-state index in [-0.39, 0.29) is 19.6 Å². The number of carbonyl (C=O) groups is 1. The molecule has 0 spiro atoms. The molecule has 0 saturated carbocycles. The molecule has 1 saturated heterocycles. The Labute approximate surface area is 426 Å². The Morgan fingerprint density at radius 1 is 0.557 bits per heavy atom. The molecule has 0 amide bonds. The lowest BCUT2D eigenvalue weighted by molar-refractivity contribution is -0.301. The van der Waals surface area contributed by atoms with Gasteiger partial charge in [0.1, 0.15) is 30.5 Å². The van der Waals surface area contributed by atoms with Crippen LogP contribution < -0.4 is 0 Å². The predicted molar refractivity (Wildman–Crippen MR) is 285 cm³/mol. The number of allylic oxidation sites excluding steroid dienone is 12. The summed E-state index contributed by atoms with van der Waals surface area (Å²) in [5.74, 6) is -0.422. The number of carbonyl (C=O) groups excluding carboxylic acids is 1. The van der Waals surface area contributed by atoms with Crippen molar-refractivity contribution in [3.8, 4) is 0 Å². The molecule has 1 aliphatic heterocycles. The van der Waals surface area contributed by atoms with E-state index in [9.17, 15) is 33.1 Å². The number of hydrogen-bond acceptors (Lipinski definition) is 11. The molecule has 4 N–H and O–H groups in total. The minimum Gasteiger partial charge on any atom is -0.457 e. The van der Waals surface area contributed by atoms with Crippen molar-refractivity contribution >= 4 is 16.4 Å². The van der Waals surface area contributed by atoms with Crippen molar-refractivity contribution in [2.24, 2.45) is 0 Å². The first kappa shape index (κ1) is 65.6. The van der Waals surface area contributed by atoms with Gasteiger partial charge in [0, 0.05) is 13.0 Å². The van der Waals surface area contributed by atoms with Gasteiger partial charge in [0.05, 0.1) is 19.8 Å². The molecule has 6 unspecified atom stereocenters. The SMILES string of the molecule is CC/C=C\C/C=C\C/C=C\C/C=C\CCCCCCC(=O)OC(COCCCCCCCCCCCCCCCC/C=C\C/C=C\CCCCCCC)COC1OC(CO)C(O)C(OS(=O)(=O)O)C1O. The van der Waals surface area contributed by atoms with E-state index in [1.807, 2.05) is 0 Å². The van der Waals surface area contributed by atoms with Crippen molar-refractivity contribution in [1.82, 2.24) is 0 Å². The van der Waals surface area contributed by atoms with Crippen molar-refractivity contribution in [3.05, 3.63) is 72.9 Å². The largest absolute Gasteiger partial charge is 0.457 e. The molecule has 0 aromatic rings. The standard InChI is InChI=1S/C57H100O12S/c1-3-5-7-9-11-13-15-17-19-21-22-23-24-25-26-27-28-29-31-33-35-37-39-41-43-45-47-65-49-51(50-66-57-55(61)56(69-70(62,63)64)54(60)52(48-58)68-57)67-53(59)46-44-42-40-38-36-34-32-30-20-18-16-14-12-10-8-6-4-2/h6,8,12,14-15,17-18,20-22,32,34,51-52,54-58,60-61H,3-5,7,9-11,13,16,19,23-31,33,35-50H2,1-2H3,(H,62,63,64)/b8-6-,14-12-,17-15-,20-18-,22-21-,34-32-. The number of rotatable bonds is 48. The van der Waals surface area contributed by atoms with Crippen LogP contribution in [0.3, 0.4) is 0 Å². The fourth-order valence-electron chi connectivity index (χ4n) is 8.17. The van der Waals surface area contributed by atoms with Crippen LogP contribution in [0.15, 0.2) is 72.9 Å². The first-order valence-corrected chi connectivity index (χ1v) is 29.1. The van der Waals surface area contributed by atoms with Crippen molar-refractivity contribution in [1.29, 1.82) is 0 Å². The lowest BCUT2D eigenvalue weighted by Gasteiger charge is -2.41. The van der Waals surface area contributed by atoms with Crippen LogP contribution in [-0.4, -0.2) is 97.5 Å². The first-order valence-electron chi connectivity index (χ1n) is 27.7. The minimum absolute atomic E-state index is 0.0230. The molecule has 12 nitrogen and oxygen atoms in total. The fourth-order valence-corrected chi connectivity index (χ4v) is 8.67. The summed E-state index contributed by atoms with van der Waals surface area (Å²) in [5, 5.41) is 30.8. The number of ether oxygens (including phenoxy) is 4. The third-order valence-electron chi connectivity index (χ3n) is 12.3. The van der Waals surface area contributed by atoms with E-state index < -0.39 is 59.8 Å². The quantitative estimate of drug-likeness (QED) is 0.0197. The third kappa shape index (κ3) is 40.1. The zero-order chi connectivity index (χ0) is 51.0. The van der Waals surface area contributed by atoms with E-state index in [0.717, 1.165) is 77.0 Å². The summed E-state index contributed by atoms with van der Waals surface area (Å²) in [6.45, 7) is 3.85. The molecule has 1 heterocycles. The number of aliphatic hydroxyl groups is 3. The zero-order valence-electron chi connectivity index (χ0n) is 43.8. The molecular formula is C57H100O12S. The highest BCUT2D eigenvalue weighted by Gasteiger charge is 2.48. The molecule has 0 bridgehead atoms. The molecule has 1 fully saturated rings. The summed E-state index contributed by atoms with van der Waals surface area (Å²) in [4.78, 5) is 12.9. The summed E-state index contributed by atoms with van der Waals surface area (Å²) >= 11 is 0. The monoisotopic (exact) mass is 1010 g/mol. The number of unbranched alkanes of at least 4 members (excludes halogenated alkanes) is 23. The molecule has 13 heteroatoms. The molecule has 406 valence electrons. The van der Waals surface area contributed by atoms with Gasteiger partial charge in [0.15, 0.2) is 6.29 Å². The molecule has 6 atom stereocenters. The van der Waals surface area contributed by atoms with Gasteiger partial charge in [-0.25, -0.2) is 4.18 Å². The van der Waals surface area contributed by atoms with E-state index in [1.54, 1.807) is 0 Å². The van der Waals surface area contributed by atoms with Crippen molar-refractivity contribution in [2.45, 2.75) is 256 Å². The maximum absolute atomic E-state index is 12.9. The Hall–Kier alpha value is -2.46. The van der Waals surface area contributed by atoms with Crippen LogP contribution in [0.4, 0.5) is 0 Å². The van der Waals surface area contributed by atoms with Crippen molar-refractivity contribution < 1.29 is 56.2 Å². The molecular weight excluding hydrogens is 909 g/mol. The van der Waals surface area contributed by atoms with Crippen molar-refractivity contribution in [2.75, 3.05) is 26.4 Å². The van der Waals surface area contributed by atoms with Crippen LogP contribution in [0.1, 0.15) is 219 Å². The van der Waals surface area contributed by atoms with Gasteiger partial charge in [-0.3, -0.25) is 9.35 Å². The van der Waals surface area contributed by atoms with E-state index >= 15 is 0 Å². The highest BCUT2D eigenvalue weighted by Crippen LogP contribution is 2.26. The van der Waals surface area contributed by atoms with Gasteiger partial charge in [-0.1, -0.05) is 202 Å². The molecule has 1 aliphatic rings. The minimum atomic E-state index is -5.07. The summed E-state index contributed by atoms with van der Waals surface area (Å²) in [6, 6.07) is 0. The highest BCUT2D eigenvalue weighted by atomic mass is 32.3. The summed E-state index contributed by atoms with van der Waals surface area (Å²) in [5.41, 5.74) is 0. The van der Waals surface area contributed by atoms with Gasteiger partial charge in [-0.2, -0.15) is 8.42 Å². The first-order chi connectivity index (χ1) is 34.1. The Bertz CT molecular complexity index is 1490. The molecule has 0 aliphatic carbocycles. The summed E-state index contributed by atoms with van der Waals surface area (Å²) in [6.07, 6.45) is 53.7. The topological polar surface area (TPSA) is 178 Å². The second kappa shape index (κ2) is 47.5. The predicted octanol–water partition coefficient (Wildman–Crippen LogP) is 13.4. The Morgan fingerprint density at radius 2 is 0.986 bits per heavy atom. The van der Waals surface area contributed by atoms with Gasteiger partial charge in [0.25, 0.3) is 0 Å². The summed E-state index contributed by atoms with van der Waals surface area (Å²) < 4.78 is 59.3. The molecule has 70 heavy (non-hydrogen) atoms. The van der Waals surface area contributed by atoms with Crippen LogP contribution in [0.25, 0.3) is 0 Å². The number of esters is 1. The lowest BCUT2D eigenvalue weighted by Crippen LogP contribution is -2.60. The zero-order valence-corrected chi connectivity index (χ0v) is 44.6. The lowest BCUT2D eigenvalue weighted by atomic mass is 9.99. The van der Waals surface area contributed by atoms with Crippen LogP contribution in [0.5, 0.6) is 0 Å². The van der Waals surface area contributed by atoms with Gasteiger partial charge in [-0.15, -0.1) is 0 Å². The average molecular weight is 1010 g/mol. The van der Waals surface area contributed by atoms with Crippen LogP contribution in [0.2, 0.25) is 0 Å². The molecule has 0 radical (unpaired) electrons.